The average molecular weight is 450 g/mol. The molecule has 2 heteroatoms. The van der Waals surface area contributed by atoms with Gasteiger partial charge in [-0.25, -0.2) is 0 Å². The Hall–Kier alpha value is -4.14. The molecule has 158 valence electrons. The number of nitrogens with zero attached hydrogens (tertiary/aromatic N) is 1. The molecule has 0 aliphatic rings. The van der Waals surface area contributed by atoms with E-state index in [0.717, 1.165) is 0 Å². The normalized spacial score (nSPS) is 12.1. The summed E-state index contributed by atoms with van der Waals surface area (Å²) >= 11 is 1.92. The molecule has 8 rings (SSSR count). The summed E-state index contributed by atoms with van der Waals surface area (Å²) in [4.78, 5) is 0. The number of thiophene rings is 1. The number of para-hydroxylation sites is 2. The molecule has 2 heterocycles. The van der Waals surface area contributed by atoms with E-state index in [9.17, 15) is 0 Å². The van der Waals surface area contributed by atoms with Crippen LogP contribution in [0, 0.1) is 0 Å². The fourth-order valence-electron chi connectivity index (χ4n) is 5.79. The van der Waals surface area contributed by atoms with Crippen LogP contribution < -0.4 is 0 Å². The first kappa shape index (κ1) is 18.3. The molecule has 0 bridgehead atoms. The summed E-state index contributed by atoms with van der Waals surface area (Å²) in [7, 11) is 0. The molecule has 0 fully saturated rings. The molecule has 0 atom stereocenters. The highest BCUT2D eigenvalue weighted by Gasteiger charge is 2.20. The van der Waals surface area contributed by atoms with Crippen molar-refractivity contribution in [3.05, 3.63) is 115 Å². The second-order valence-corrected chi connectivity index (χ2v) is 9.97. The lowest BCUT2D eigenvalue weighted by atomic mass is 9.95. The average Bonchev–Trinajstić information content (AvgIpc) is 3.45. The first-order valence-corrected chi connectivity index (χ1v) is 12.4. The molecule has 0 amide bonds. The highest BCUT2D eigenvalue weighted by atomic mass is 32.1. The smallest absolute Gasteiger partial charge is 0.0625 e. The Morgan fingerprint density at radius 2 is 1.09 bits per heavy atom. The summed E-state index contributed by atoms with van der Waals surface area (Å²) in [6.45, 7) is 0. The van der Waals surface area contributed by atoms with Crippen LogP contribution in [0.2, 0.25) is 0 Å². The topological polar surface area (TPSA) is 4.93 Å². The standard InChI is InChI=1S/C32H19NS/c1-2-10-20(11-3-1)33-27-16-8-6-15-25(27)29-26-19-18-24-21-12-7-9-17-28(21)34-32(24)30(26)22-13-4-5-14-23(22)31(29)33/h1-19H. The number of hydrogen-bond acceptors (Lipinski definition) is 1. The van der Waals surface area contributed by atoms with Crippen molar-refractivity contribution in [1.29, 1.82) is 0 Å². The van der Waals surface area contributed by atoms with Crippen molar-refractivity contribution in [2.45, 2.75) is 0 Å². The quantitative estimate of drug-likeness (QED) is 0.220. The summed E-state index contributed by atoms with van der Waals surface area (Å²) in [6.07, 6.45) is 0. The molecule has 8 aromatic rings. The molecule has 2 aromatic heterocycles. The lowest BCUT2D eigenvalue weighted by molar-refractivity contribution is 1.19. The Kier molecular flexibility index (Phi) is 3.60. The van der Waals surface area contributed by atoms with E-state index in [2.05, 4.69) is 120 Å². The molecular formula is C32H19NS. The van der Waals surface area contributed by atoms with Gasteiger partial charge < -0.3 is 4.57 Å². The number of rotatable bonds is 1. The van der Waals surface area contributed by atoms with E-state index < -0.39 is 0 Å². The van der Waals surface area contributed by atoms with E-state index in [0.29, 0.717) is 0 Å². The molecule has 0 unspecified atom stereocenters. The van der Waals surface area contributed by atoms with E-state index in [1.807, 2.05) is 11.3 Å². The van der Waals surface area contributed by atoms with Gasteiger partial charge in [-0.1, -0.05) is 91.0 Å². The van der Waals surface area contributed by atoms with Crippen LogP contribution in [0.3, 0.4) is 0 Å². The van der Waals surface area contributed by atoms with Crippen LogP contribution in [0.15, 0.2) is 115 Å². The van der Waals surface area contributed by atoms with Gasteiger partial charge in [-0.05, 0) is 35.0 Å². The lowest BCUT2D eigenvalue weighted by Crippen LogP contribution is -1.94. The molecule has 0 radical (unpaired) electrons. The fraction of sp³-hybridized carbons (Fsp3) is 0. The molecule has 0 aliphatic heterocycles. The minimum absolute atomic E-state index is 1.20. The highest BCUT2D eigenvalue weighted by molar-refractivity contribution is 7.26. The zero-order chi connectivity index (χ0) is 22.2. The van der Waals surface area contributed by atoms with Crippen molar-refractivity contribution in [2.24, 2.45) is 0 Å². The van der Waals surface area contributed by atoms with Crippen molar-refractivity contribution < 1.29 is 0 Å². The molecule has 0 saturated carbocycles. The van der Waals surface area contributed by atoms with Crippen molar-refractivity contribution in [2.75, 3.05) is 0 Å². The van der Waals surface area contributed by atoms with Gasteiger partial charge in [0, 0.05) is 47.4 Å². The van der Waals surface area contributed by atoms with E-state index in [-0.39, 0.29) is 0 Å². The zero-order valence-electron chi connectivity index (χ0n) is 18.3. The summed E-state index contributed by atoms with van der Waals surface area (Å²) < 4.78 is 5.18. The van der Waals surface area contributed by atoms with Crippen LogP contribution in [0.4, 0.5) is 0 Å². The van der Waals surface area contributed by atoms with Crippen LogP contribution in [-0.2, 0) is 0 Å². The number of hydrogen-bond donors (Lipinski definition) is 0. The number of aromatic nitrogens is 1. The third-order valence-electron chi connectivity index (χ3n) is 7.16. The molecule has 34 heavy (non-hydrogen) atoms. The zero-order valence-corrected chi connectivity index (χ0v) is 19.1. The largest absolute Gasteiger partial charge is 0.309 e. The number of fused-ring (bicyclic) bond motifs is 12. The van der Waals surface area contributed by atoms with Gasteiger partial charge in [0.25, 0.3) is 0 Å². The first-order chi connectivity index (χ1) is 16.9. The van der Waals surface area contributed by atoms with Gasteiger partial charge in [0.05, 0.1) is 11.0 Å². The predicted octanol–water partition coefficient (Wildman–Crippen LogP) is 9.46. The second-order valence-electron chi connectivity index (χ2n) is 8.92. The maximum atomic E-state index is 2.45. The van der Waals surface area contributed by atoms with Gasteiger partial charge in [-0.3, -0.25) is 0 Å². The fourth-order valence-corrected chi connectivity index (χ4v) is 7.05. The van der Waals surface area contributed by atoms with Crippen molar-refractivity contribution >= 4 is 74.9 Å². The van der Waals surface area contributed by atoms with Gasteiger partial charge in [0.15, 0.2) is 0 Å². The highest BCUT2D eigenvalue weighted by Crippen LogP contribution is 2.47. The van der Waals surface area contributed by atoms with Crippen LogP contribution in [-0.4, -0.2) is 4.57 Å². The van der Waals surface area contributed by atoms with Crippen molar-refractivity contribution in [1.82, 2.24) is 4.57 Å². The van der Waals surface area contributed by atoms with Crippen molar-refractivity contribution in [3.63, 3.8) is 0 Å². The van der Waals surface area contributed by atoms with E-state index in [1.165, 1.54) is 69.2 Å². The summed E-state index contributed by atoms with van der Waals surface area (Å²) in [5.74, 6) is 0. The minimum atomic E-state index is 1.20. The maximum absolute atomic E-state index is 2.45. The number of benzene rings is 6. The Morgan fingerprint density at radius 1 is 0.441 bits per heavy atom. The summed E-state index contributed by atoms with van der Waals surface area (Å²) in [6, 6.07) is 42.0. The second kappa shape index (κ2) is 6.69. The van der Waals surface area contributed by atoms with Crippen LogP contribution >= 0.6 is 11.3 Å². The monoisotopic (exact) mass is 449 g/mol. The molecular weight excluding hydrogens is 430 g/mol. The summed E-state index contributed by atoms with van der Waals surface area (Å²) in [5.41, 5.74) is 3.73. The summed E-state index contributed by atoms with van der Waals surface area (Å²) in [5, 5.41) is 10.7. The lowest BCUT2D eigenvalue weighted by Gasteiger charge is -2.12. The Bertz CT molecular complexity index is 2060. The van der Waals surface area contributed by atoms with E-state index >= 15 is 0 Å². The molecule has 0 spiro atoms. The van der Waals surface area contributed by atoms with Gasteiger partial charge in [0.2, 0.25) is 0 Å². The Morgan fingerprint density at radius 3 is 1.94 bits per heavy atom. The molecule has 1 nitrogen and oxygen atoms in total. The molecule has 0 N–H and O–H groups in total. The van der Waals surface area contributed by atoms with Gasteiger partial charge in [-0.2, -0.15) is 0 Å². The predicted molar refractivity (Wildman–Crippen MR) is 149 cm³/mol. The molecule has 0 aliphatic carbocycles. The van der Waals surface area contributed by atoms with Crippen LogP contribution in [0.25, 0.3) is 69.2 Å². The van der Waals surface area contributed by atoms with Gasteiger partial charge in [-0.15, -0.1) is 11.3 Å². The first-order valence-electron chi connectivity index (χ1n) is 11.6. The van der Waals surface area contributed by atoms with E-state index in [4.69, 9.17) is 0 Å². The molecule has 6 aromatic carbocycles. The van der Waals surface area contributed by atoms with Gasteiger partial charge >= 0.3 is 0 Å². The van der Waals surface area contributed by atoms with Gasteiger partial charge in [0.1, 0.15) is 0 Å². The minimum Gasteiger partial charge on any atom is -0.309 e. The maximum Gasteiger partial charge on any atom is 0.0625 e. The SMILES string of the molecule is c1ccc(-n2c3ccccc3c3c4ccc5c6ccccc6sc5c4c4ccccc4c32)cc1. The van der Waals surface area contributed by atoms with Crippen LogP contribution in [0.5, 0.6) is 0 Å². The third kappa shape index (κ3) is 2.28. The van der Waals surface area contributed by atoms with E-state index in [1.54, 1.807) is 0 Å². The Balaban J connectivity index is 1.72. The van der Waals surface area contributed by atoms with Crippen LogP contribution in [0.1, 0.15) is 0 Å². The third-order valence-corrected chi connectivity index (χ3v) is 8.36. The Labute approximate surface area is 200 Å². The van der Waals surface area contributed by atoms with Crippen molar-refractivity contribution in [3.8, 4) is 5.69 Å². The molecule has 0 saturated heterocycles.